The fraction of sp³-hybridized carbons (Fsp3) is 0.412. The van der Waals surface area contributed by atoms with Crippen LogP contribution >= 0.6 is 11.6 Å². The van der Waals surface area contributed by atoms with E-state index in [1.807, 2.05) is 32.0 Å². The van der Waals surface area contributed by atoms with Crippen molar-refractivity contribution in [3.63, 3.8) is 0 Å². The Morgan fingerprint density at radius 1 is 1.35 bits per heavy atom. The van der Waals surface area contributed by atoms with E-state index in [0.717, 1.165) is 0 Å². The van der Waals surface area contributed by atoms with Gasteiger partial charge in [0, 0.05) is 18.7 Å². The van der Waals surface area contributed by atoms with Crippen molar-refractivity contribution < 1.29 is 14.1 Å². The third-order valence-corrected chi connectivity index (χ3v) is 4.25. The molecule has 1 aliphatic rings. The normalized spacial score (nSPS) is 17.3. The number of hydrogen-bond acceptors (Lipinski definition) is 4. The molecule has 122 valence electrons. The largest absolute Gasteiger partial charge is 0.372 e. The number of benzene rings is 1. The molecule has 6 heteroatoms. The Morgan fingerprint density at radius 3 is 2.78 bits per heavy atom. The molecule has 3 rings (SSSR count). The first-order chi connectivity index (χ1) is 10.9. The van der Waals surface area contributed by atoms with Crippen LogP contribution in [0.4, 0.5) is 0 Å². The van der Waals surface area contributed by atoms with Gasteiger partial charge in [0.05, 0.1) is 17.2 Å². The zero-order valence-electron chi connectivity index (χ0n) is 13.4. The van der Waals surface area contributed by atoms with Crippen molar-refractivity contribution in [3.05, 3.63) is 40.6 Å². The Morgan fingerprint density at radius 2 is 2.09 bits per heavy atom. The van der Waals surface area contributed by atoms with Crippen LogP contribution in [-0.4, -0.2) is 41.3 Å². The number of amides is 1. The summed E-state index contributed by atoms with van der Waals surface area (Å²) in [5, 5.41) is 4.60. The Hall–Kier alpha value is -1.85. The number of carbonyl (C=O) groups is 1. The van der Waals surface area contributed by atoms with Gasteiger partial charge in [-0.15, -0.1) is 0 Å². The lowest BCUT2D eigenvalue weighted by Crippen LogP contribution is -2.50. The summed E-state index contributed by atoms with van der Waals surface area (Å²) in [6.45, 7) is 7.29. The number of ether oxygens (including phenoxy) is 1. The van der Waals surface area contributed by atoms with Crippen LogP contribution in [0.1, 0.15) is 30.0 Å². The number of morpholine rings is 1. The SMILES string of the molecule is Cc1onc(-c2ccccc2Cl)c1C(=O)N1CCOC(C)(C)C1. The number of nitrogens with zero attached hydrogens (tertiary/aromatic N) is 2. The summed E-state index contributed by atoms with van der Waals surface area (Å²) in [4.78, 5) is 14.8. The topological polar surface area (TPSA) is 55.6 Å². The minimum atomic E-state index is -0.358. The van der Waals surface area contributed by atoms with Crippen molar-refractivity contribution in [2.45, 2.75) is 26.4 Å². The fourth-order valence-electron chi connectivity index (χ4n) is 2.81. The maximum absolute atomic E-state index is 13.0. The maximum atomic E-state index is 13.0. The molecule has 0 saturated carbocycles. The van der Waals surface area contributed by atoms with Crippen molar-refractivity contribution >= 4 is 17.5 Å². The standard InChI is InChI=1S/C17H19ClN2O3/c1-11-14(16(21)20-8-9-22-17(2,3)10-20)15(19-23-11)12-6-4-5-7-13(12)18/h4-7H,8-10H2,1-3H3. The van der Waals surface area contributed by atoms with E-state index in [-0.39, 0.29) is 11.5 Å². The quantitative estimate of drug-likeness (QED) is 0.842. The van der Waals surface area contributed by atoms with Gasteiger partial charge in [0.15, 0.2) is 0 Å². The highest BCUT2D eigenvalue weighted by atomic mass is 35.5. The summed E-state index contributed by atoms with van der Waals surface area (Å²) >= 11 is 6.25. The highest BCUT2D eigenvalue weighted by Gasteiger charge is 2.33. The third-order valence-electron chi connectivity index (χ3n) is 3.92. The number of halogens is 1. The second-order valence-electron chi connectivity index (χ2n) is 6.28. The molecule has 0 bridgehead atoms. The fourth-order valence-corrected chi connectivity index (χ4v) is 3.03. The smallest absolute Gasteiger partial charge is 0.259 e. The lowest BCUT2D eigenvalue weighted by molar-refractivity contribution is -0.0764. The molecule has 5 nitrogen and oxygen atoms in total. The van der Waals surface area contributed by atoms with Crippen LogP contribution in [0.5, 0.6) is 0 Å². The number of aromatic nitrogens is 1. The van der Waals surface area contributed by atoms with Crippen molar-refractivity contribution in [3.8, 4) is 11.3 Å². The highest BCUT2D eigenvalue weighted by molar-refractivity contribution is 6.33. The molecule has 23 heavy (non-hydrogen) atoms. The zero-order chi connectivity index (χ0) is 16.6. The number of hydrogen-bond donors (Lipinski definition) is 0. The monoisotopic (exact) mass is 334 g/mol. The first-order valence-electron chi connectivity index (χ1n) is 7.53. The molecular weight excluding hydrogens is 316 g/mol. The zero-order valence-corrected chi connectivity index (χ0v) is 14.2. The van der Waals surface area contributed by atoms with Crippen molar-refractivity contribution in [1.82, 2.24) is 10.1 Å². The molecule has 1 amide bonds. The molecule has 1 aromatic heterocycles. The minimum absolute atomic E-state index is 0.102. The lowest BCUT2D eigenvalue weighted by atomic mass is 10.0. The summed E-state index contributed by atoms with van der Waals surface area (Å²) in [5.41, 5.74) is 1.30. The van der Waals surface area contributed by atoms with Crippen LogP contribution in [0.15, 0.2) is 28.8 Å². The van der Waals surface area contributed by atoms with Crippen LogP contribution < -0.4 is 0 Å². The summed E-state index contributed by atoms with van der Waals surface area (Å²) in [6.07, 6.45) is 0. The van der Waals surface area contributed by atoms with Gasteiger partial charge in [-0.2, -0.15) is 0 Å². The van der Waals surface area contributed by atoms with E-state index in [0.29, 0.717) is 47.3 Å². The van der Waals surface area contributed by atoms with Gasteiger partial charge in [0.1, 0.15) is 17.0 Å². The van der Waals surface area contributed by atoms with Gasteiger partial charge in [-0.25, -0.2) is 0 Å². The average Bonchev–Trinajstić information content (AvgIpc) is 2.87. The molecule has 2 aromatic rings. The van der Waals surface area contributed by atoms with Gasteiger partial charge in [-0.1, -0.05) is 35.0 Å². The number of rotatable bonds is 2. The molecular formula is C17H19ClN2O3. The van der Waals surface area contributed by atoms with Crippen LogP contribution in [0, 0.1) is 6.92 Å². The lowest BCUT2D eigenvalue weighted by Gasteiger charge is -2.38. The molecule has 0 aliphatic carbocycles. The summed E-state index contributed by atoms with van der Waals surface area (Å²) in [6, 6.07) is 7.30. The van der Waals surface area contributed by atoms with Gasteiger partial charge in [0.25, 0.3) is 5.91 Å². The molecule has 0 spiro atoms. The Bertz CT molecular complexity index is 739. The molecule has 1 aromatic carbocycles. The van der Waals surface area contributed by atoms with Gasteiger partial charge < -0.3 is 14.2 Å². The van der Waals surface area contributed by atoms with E-state index in [4.69, 9.17) is 20.9 Å². The van der Waals surface area contributed by atoms with Crippen LogP contribution in [0.25, 0.3) is 11.3 Å². The molecule has 0 N–H and O–H groups in total. The maximum Gasteiger partial charge on any atom is 0.259 e. The molecule has 0 radical (unpaired) electrons. The van der Waals surface area contributed by atoms with Crippen molar-refractivity contribution in [2.75, 3.05) is 19.7 Å². The summed E-state index contributed by atoms with van der Waals surface area (Å²) < 4.78 is 11.0. The summed E-state index contributed by atoms with van der Waals surface area (Å²) in [5.74, 6) is 0.393. The van der Waals surface area contributed by atoms with Gasteiger partial charge in [-0.3, -0.25) is 4.79 Å². The van der Waals surface area contributed by atoms with E-state index in [9.17, 15) is 4.79 Å². The number of aryl methyl sites for hydroxylation is 1. The van der Waals surface area contributed by atoms with Gasteiger partial charge in [0.2, 0.25) is 0 Å². The molecule has 1 fully saturated rings. The molecule has 1 aliphatic heterocycles. The highest BCUT2D eigenvalue weighted by Crippen LogP contribution is 2.32. The molecule has 0 atom stereocenters. The first kappa shape index (κ1) is 16.0. The predicted molar refractivity (Wildman–Crippen MR) is 87.6 cm³/mol. The molecule has 2 heterocycles. The Labute approximate surface area is 140 Å². The third kappa shape index (κ3) is 3.12. The van der Waals surface area contributed by atoms with E-state index in [2.05, 4.69) is 5.16 Å². The van der Waals surface area contributed by atoms with E-state index >= 15 is 0 Å². The molecule has 0 unspecified atom stereocenters. The van der Waals surface area contributed by atoms with E-state index < -0.39 is 0 Å². The Kier molecular flexibility index (Phi) is 4.17. The van der Waals surface area contributed by atoms with Crippen LogP contribution in [0.3, 0.4) is 0 Å². The summed E-state index contributed by atoms with van der Waals surface area (Å²) in [7, 11) is 0. The van der Waals surface area contributed by atoms with Crippen molar-refractivity contribution in [2.24, 2.45) is 0 Å². The predicted octanol–water partition coefficient (Wildman–Crippen LogP) is 3.55. The van der Waals surface area contributed by atoms with Crippen molar-refractivity contribution in [1.29, 1.82) is 0 Å². The Balaban J connectivity index is 1.99. The van der Waals surface area contributed by atoms with Crippen LogP contribution in [0.2, 0.25) is 5.02 Å². The first-order valence-corrected chi connectivity index (χ1v) is 7.91. The van der Waals surface area contributed by atoms with Crippen LogP contribution in [-0.2, 0) is 4.74 Å². The van der Waals surface area contributed by atoms with E-state index in [1.54, 1.807) is 17.9 Å². The minimum Gasteiger partial charge on any atom is -0.372 e. The second kappa shape index (κ2) is 5.98. The van der Waals surface area contributed by atoms with Gasteiger partial charge >= 0.3 is 0 Å². The van der Waals surface area contributed by atoms with E-state index in [1.165, 1.54) is 0 Å². The average molecular weight is 335 g/mol. The van der Waals surface area contributed by atoms with Gasteiger partial charge in [-0.05, 0) is 26.8 Å². The second-order valence-corrected chi connectivity index (χ2v) is 6.68. The molecule has 1 saturated heterocycles. The number of carbonyl (C=O) groups excluding carboxylic acids is 1.